The quantitative estimate of drug-likeness (QED) is 0.853. The molecule has 0 saturated carbocycles. The van der Waals surface area contributed by atoms with Crippen LogP contribution in [0, 0.1) is 5.92 Å². The van der Waals surface area contributed by atoms with Gasteiger partial charge in [-0.2, -0.15) is 9.40 Å². The van der Waals surface area contributed by atoms with Crippen LogP contribution in [-0.4, -0.2) is 46.0 Å². The molecule has 0 amide bonds. The highest BCUT2D eigenvalue weighted by Crippen LogP contribution is 2.24. The molecule has 8 nitrogen and oxygen atoms in total. The van der Waals surface area contributed by atoms with Gasteiger partial charge in [0.15, 0.2) is 0 Å². The Hall–Kier alpha value is -2.00. The standard InChI is InChI=1S/C14H20N6O2S/c15-14-10-16-12(7-17-14)6-11-2-1-4-20(5-3-11)23(21,22)13-8-18-19-9-13/h7-11H,1-6H2,(H2,15,17)(H,18,19)/t11-/m1/s1. The van der Waals surface area contributed by atoms with Gasteiger partial charge in [-0.3, -0.25) is 10.1 Å². The summed E-state index contributed by atoms with van der Waals surface area (Å²) >= 11 is 0. The van der Waals surface area contributed by atoms with E-state index < -0.39 is 10.0 Å². The Morgan fingerprint density at radius 2 is 2.09 bits per heavy atom. The lowest BCUT2D eigenvalue weighted by molar-refractivity contribution is 0.409. The van der Waals surface area contributed by atoms with Gasteiger partial charge in [0.2, 0.25) is 10.0 Å². The summed E-state index contributed by atoms with van der Waals surface area (Å²) in [6.07, 6.45) is 9.44. The van der Waals surface area contributed by atoms with Crippen molar-refractivity contribution in [1.29, 1.82) is 0 Å². The van der Waals surface area contributed by atoms with Gasteiger partial charge in [0.25, 0.3) is 0 Å². The minimum atomic E-state index is -3.45. The fraction of sp³-hybridized carbons (Fsp3) is 0.500. The summed E-state index contributed by atoms with van der Waals surface area (Å²) in [5.74, 6) is 0.810. The van der Waals surface area contributed by atoms with Crippen LogP contribution in [0.3, 0.4) is 0 Å². The summed E-state index contributed by atoms with van der Waals surface area (Å²) in [7, 11) is -3.45. The van der Waals surface area contributed by atoms with Gasteiger partial charge in [-0.1, -0.05) is 0 Å². The lowest BCUT2D eigenvalue weighted by atomic mass is 9.95. The summed E-state index contributed by atoms with van der Waals surface area (Å²) in [5, 5.41) is 6.28. The van der Waals surface area contributed by atoms with Crippen LogP contribution < -0.4 is 5.73 Å². The van der Waals surface area contributed by atoms with Gasteiger partial charge in [0.1, 0.15) is 10.7 Å². The summed E-state index contributed by atoms with van der Waals surface area (Å²) in [6.45, 7) is 1.05. The van der Waals surface area contributed by atoms with Crippen LogP contribution in [-0.2, 0) is 16.4 Å². The van der Waals surface area contributed by atoms with E-state index in [-0.39, 0.29) is 4.90 Å². The monoisotopic (exact) mass is 336 g/mol. The van der Waals surface area contributed by atoms with Crippen LogP contribution in [0.2, 0.25) is 0 Å². The number of aromatic nitrogens is 4. The molecule has 2 aromatic rings. The molecule has 3 heterocycles. The first-order chi connectivity index (χ1) is 11.1. The number of H-pyrrole nitrogens is 1. The zero-order valence-corrected chi connectivity index (χ0v) is 13.5. The number of hydrogen-bond acceptors (Lipinski definition) is 6. The molecule has 9 heteroatoms. The number of anilines is 1. The molecule has 1 saturated heterocycles. The molecular formula is C14H20N6O2S. The van der Waals surface area contributed by atoms with Gasteiger partial charge >= 0.3 is 0 Å². The molecule has 0 spiro atoms. The number of nitrogen functional groups attached to an aromatic ring is 1. The fourth-order valence-electron chi connectivity index (χ4n) is 2.88. The first-order valence-electron chi connectivity index (χ1n) is 7.61. The molecule has 23 heavy (non-hydrogen) atoms. The smallest absolute Gasteiger partial charge is 0.246 e. The lowest BCUT2D eigenvalue weighted by Gasteiger charge is -2.19. The van der Waals surface area contributed by atoms with Gasteiger partial charge in [-0.05, 0) is 31.6 Å². The Balaban J connectivity index is 1.64. The minimum Gasteiger partial charge on any atom is -0.382 e. The molecule has 1 aliphatic heterocycles. The molecule has 0 aliphatic carbocycles. The van der Waals surface area contributed by atoms with E-state index in [9.17, 15) is 8.42 Å². The average molecular weight is 336 g/mol. The largest absolute Gasteiger partial charge is 0.382 e. The predicted molar refractivity (Wildman–Crippen MR) is 84.8 cm³/mol. The SMILES string of the molecule is Nc1cnc(C[C@@H]2CCCN(S(=O)(=O)c3cn[nH]c3)CC2)cn1. The molecule has 0 bridgehead atoms. The maximum atomic E-state index is 12.5. The summed E-state index contributed by atoms with van der Waals surface area (Å²) in [5.41, 5.74) is 6.44. The van der Waals surface area contributed by atoms with Crippen LogP contribution in [0.1, 0.15) is 25.0 Å². The Kier molecular flexibility index (Phi) is 4.58. The van der Waals surface area contributed by atoms with Crippen molar-refractivity contribution in [2.24, 2.45) is 5.92 Å². The minimum absolute atomic E-state index is 0.223. The number of nitrogens with zero attached hydrogens (tertiary/aromatic N) is 4. The maximum absolute atomic E-state index is 12.5. The average Bonchev–Trinajstić information content (AvgIpc) is 2.98. The number of rotatable bonds is 4. The summed E-state index contributed by atoms with van der Waals surface area (Å²) < 4.78 is 26.6. The molecule has 0 radical (unpaired) electrons. The highest BCUT2D eigenvalue weighted by Gasteiger charge is 2.28. The van der Waals surface area contributed by atoms with Crippen LogP contribution in [0.25, 0.3) is 0 Å². The topological polar surface area (TPSA) is 118 Å². The zero-order chi connectivity index (χ0) is 16.3. The Morgan fingerprint density at radius 3 is 2.78 bits per heavy atom. The lowest BCUT2D eigenvalue weighted by Crippen LogP contribution is -2.32. The van der Waals surface area contributed by atoms with Crippen molar-refractivity contribution in [2.75, 3.05) is 18.8 Å². The molecule has 0 unspecified atom stereocenters. The molecule has 1 aliphatic rings. The molecule has 3 N–H and O–H groups in total. The van der Waals surface area contributed by atoms with E-state index >= 15 is 0 Å². The normalized spacial score (nSPS) is 20.3. The van der Waals surface area contributed by atoms with Gasteiger partial charge in [0.05, 0.1) is 24.3 Å². The highest BCUT2D eigenvalue weighted by atomic mass is 32.2. The van der Waals surface area contributed by atoms with Crippen molar-refractivity contribution in [3.05, 3.63) is 30.5 Å². The van der Waals surface area contributed by atoms with E-state index in [0.717, 1.165) is 31.4 Å². The van der Waals surface area contributed by atoms with Crippen molar-refractivity contribution in [1.82, 2.24) is 24.5 Å². The van der Waals surface area contributed by atoms with E-state index in [4.69, 9.17) is 5.73 Å². The molecule has 2 aromatic heterocycles. The van der Waals surface area contributed by atoms with Crippen molar-refractivity contribution in [3.8, 4) is 0 Å². The molecule has 1 atom stereocenters. The van der Waals surface area contributed by atoms with Crippen molar-refractivity contribution >= 4 is 15.8 Å². The second kappa shape index (κ2) is 6.63. The summed E-state index contributed by atoms with van der Waals surface area (Å²) in [6, 6.07) is 0. The number of hydrogen-bond donors (Lipinski definition) is 2. The second-order valence-electron chi connectivity index (χ2n) is 5.77. The third kappa shape index (κ3) is 3.67. The van der Waals surface area contributed by atoms with Crippen LogP contribution in [0.5, 0.6) is 0 Å². The number of nitrogens with two attached hydrogens (primary N) is 1. The molecular weight excluding hydrogens is 316 g/mol. The number of aromatic amines is 1. The third-order valence-corrected chi connectivity index (χ3v) is 6.00. The zero-order valence-electron chi connectivity index (χ0n) is 12.7. The van der Waals surface area contributed by atoms with Gasteiger partial charge in [-0.25, -0.2) is 13.4 Å². The van der Waals surface area contributed by atoms with Crippen molar-refractivity contribution in [3.63, 3.8) is 0 Å². The number of sulfonamides is 1. The summed E-state index contributed by atoms with van der Waals surface area (Å²) in [4.78, 5) is 8.56. The first kappa shape index (κ1) is 15.9. The van der Waals surface area contributed by atoms with Crippen LogP contribution in [0.4, 0.5) is 5.82 Å². The highest BCUT2D eigenvalue weighted by molar-refractivity contribution is 7.89. The Morgan fingerprint density at radius 1 is 1.22 bits per heavy atom. The van der Waals surface area contributed by atoms with E-state index in [1.807, 2.05) is 0 Å². The van der Waals surface area contributed by atoms with Gasteiger partial charge < -0.3 is 5.73 Å². The van der Waals surface area contributed by atoms with Crippen LogP contribution >= 0.6 is 0 Å². The molecule has 0 aromatic carbocycles. The number of nitrogens with one attached hydrogen (secondary N) is 1. The molecule has 1 fully saturated rings. The maximum Gasteiger partial charge on any atom is 0.246 e. The predicted octanol–water partition coefficient (Wildman–Crippen LogP) is 0.815. The fourth-order valence-corrected chi connectivity index (χ4v) is 4.28. The van der Waals surface area contributed by atoms with E-state index in [0.29, 0.717) is 24.8 Å². The van der Waals surface area contributed by atoms with Gasteiger partial charge in [0, 0.05) is 19.3 Å². The van der Waals surface area contributed by atoms with Crippen molar-refractivity contribution in [2.45, 2.75) is 30.6 Å². The van der Waals surface area contributed by atoms with E-state index in [1.165, 1.54) is 12.4 Å². The van der Waals surface area contributed by atoms with Crippen molar-refractivity contribution < 1.29 is 8.42 Å². The van der Waals surface area contributed by atoms with Gasteiger partial charge in [-0.15, -0.1) is 0 Å². The van der Waals surface area contributed by atoms with E-state index in [2.05, 4.69) is 20.2 Å². The Bertz CT molecular complexity index is 729. The second-order valence-corrected chi connectivity index (χ2v) is 7.71. The van der Waals surface area contributed by atoms with Crippen LogP contribution in [0.15, 0.2) is 29.7 Å². The third-order valence-electron chi connectivity index (χ3n) is 4.14. The molecule has 124 valence electrons. The molecule has 3 rings (SSSR count). The first-order valence-corrected chi connectivity index (χ1v) is 9.05. The Labute approximate surface area is 135 Å². The van der Waals surface area contributed by atoms with E-state index in [1.54, 1.807) is 16.7 Å².